The van der Waals surface area contributed by atoms with Crippen LogP contribution in [0.3, 0.4) is 0 Å². The van der Waals surface area contributed by atoms with Crippen LogP contribution in [-0.2, 0) is 13.9 Å². The number of nitrogens with one attached hydrogen (secondary N) is 1. The van der Waals surface area contributed by atoms with Gasteiger partial charge in [0.05, 0.1) is 6.04 Å². The summed E-state index contributed by atoms with van der Waals surface area (Å²) in [4.78, 5) is 26.6. The zero-order chi connectivity index (χ0) is 29.7. The fourth-order valence-electron chi connectivity index (χ4n) is 6.27. The van der Waals surface area contributed by atoms with E-state index in [0.717, 1.165) is 32.1 Å². The molecule has 2 fully saturated rings. The minimum atomic E-state index is -2.51. The third-order valence-corrected chi connectivity index (χ3v) is 13.2. The molecule has 8 heteroatoms. The second kappa shape index (κ2) is 13.0. The first kappa shape index (κ1) is 31.1. The number of unbranched alkanes of at least 4 members (excludes halogenated alkanes) is 3. The van der Waals surface area contributed by atoms with Crippen molar-refractivity contribution in [2.75, 3.05) is 13.2 Å². The molecule has 0 unspecified atom stereocenters. The molecule has 224 valence electrons. The average molecular weight is 581 g/mol. The van der Waals surface area contributed by atoms with Crippen LogP contribution in [0.15, 0.2) is 60.7 Å². The third kappa shape index (κ3) is 7.52. The molecule has 2 aliphatic rings. The van der Waals surface area contributed by atoms with Gasteiger partial charge in [0.1, 0.15) is 11.7 Å². The maximum absolute atomic E-state index is 13.0. The minimum Gasteiger partial charge on any atom is -0.444 e. The van der Waals surface area contributed by atoms with E-state index in [1.807, 2.05) is 20.8 Å². The maximum atomic E-state index is 13.0. The van der Waals surface area contributed by atoms with Gasteiger partial charge in [-0.2, -0.15) is 0 Å². The molecule has 3 atom stereocenters. The highest BCUT2D eigenvalue weighted by Crippen LogP contribution is 2.37. The van der Waals surface area contributed by atoms with Gasteiger partial charge >= 0.3 is 12.2 Å². The number of alkyl carbamates (subject to hydrolysis) is 1. The Balaban J connectivity index is 1.34. The van der Waals surface area contributed by atoms with E-state index in [0.29, 0.717) is 19.6 Å². The highest BCUT2D eigenvalue weighted by Gasteiger charge is 2.50. The topological polar surface area (TPSA) is 77.1 Å². The number of hydrogen-bond donors (Lipinski definition) is 1. The molecule has 0 aromatic heterocycles. The van der Waals surface area contributed by atoms with Gasteiger partial charge < -0.3 is 24.1 Å². The molecule has 0 bridgehead atoms. The second-order valence-corrected chi connectivity index (χ2v) is 17.7. The van der Waals surface area contributed by atoms with Crippen LogP contribution in [0.5, 0.6) is 0 Å². The maximum Gasteiger partial charge on any atom is 0.410 e. The number of piperidine rings is 1. The highest BCUT2D eigenvalue weighted by atomic mass is 28.4. The summed E-state index contributed by atoms with van der Waals surface area (Å²) in [5.41, 5.74) is -0.570. The van der Waals surface area contributed by atoms with Crippen molar-refractivity contribution in [2.24, 2.45) is 0 Å². The van der Waals surface area contributed by atoms with Crippen molar-refractivity contribution < 1.29 is 23.5 Å². The molecule has 2 amide bonds. The lowest BCUT2D eigenvalue weighted by atomic mass is 9.92. The first-order valence-electron chi connectivity index (χ1n) is 15.1. The van der Waals surface area contributed by atoms with E-state index in [9.17, 15) is 9.59 Å². The average Bonchev–Trinajstić information content (AvgIpc) is 3.28. The molecule has 1 N–H and O–H groups in total. The first-order valence-corrected chi connectivity index (χ1v) is 17.0. The molecule has 0 radical (unpaired) electrons. The number of likely N-dealkylation sites (tertiary alicyclic amines) is 1. The van der Waals surface area contributed by atoms with Gasteiger partial charge in [-0.05, 0) is 49.0 Å². The van der Waals surface area contributed by atoms with Gasteiger partial charge in [0.25, 0.3) is 8.32 Å². The van der Waals surface area contributed by atoms with Crippen LogP contribution in [-0.4, -0.2) is 62.3 Å². The highest BCUT2D eigenvalue weighted by molar-refractivity contribution is 6.99. The smallest absolute Gasteiger partial charge is 0.410 e. The Bertz CT molecular complexity index is 1110. The summed E-state index contributed by atoms with van der Waals surface area (Å²) in [7, 11) is -2.51. The van der Waals surface area contributed by atoms with Gasteiger partial charge in [0.15, 0.2) is 0 Å². The second-order valence-electron chi connectivity index (χ2n) is 13.4. The van der Waals surface area contributed by atoms with Crippen LogP contribution in [0.25, 0.3) is 0 Å². The monoisotopic (exact) mass is 580 g/mol. The Kier molecular flexibility index (Phi) is 9.85. The number of hydrogen-bond acceptors (Lipinski definition) is 5. The van der Waals surface area contributed by atoms with Crippen LogP contribution in [0.4, 0.5) is 9.59 Å². The van der Waals surface area contributed by atoms with Gasteiger partial charge in [-0.3, -0.25) is 0 Å². The van der Waals surface area contributed by atoms with E-state index >= 15 is 0 Å². The Morgan fingerprint density at radius 2 is 1.51 bits per heavy atom. The number of fused-ring (bicyclic) bond motifs is 1. The molecule has 0 saturated carbocycles. The fraction of sp³-hybridized carbons (Fsp3) is 0.576. The molecule has 0 aliphatic carbocycles. The number of amides is 2. The zero-order valence-electron chi connectivity index (χ0n) is 25.7. The Morgan fingerprint density at radius 3 is 2.07 bits per heavy atom. The summed E-state index contributed by atoms with van der Waals surface area (Å²) in [5, 5.41) is 5.42. The van der Waals surface area contributed by atoms with Crippen molar-refractivity contribution >= 4 is 30.9 Å². The van der Waals surface area contributed by atoms with Crippen molar-refractivity contribution in [2.45, 2.75) is 109 Å². The lowest BCUT2D eigenvalue weighted by molar-refractivity contribution is -0.00869. The molecule has 2 aromatic carbocycles. The quantitative estimate of drug-likeness (QED) is 0.276. The largest absolute Gasteiger partial charge is 0.444 e. The van der Waals surface area contributed by atoms with Crippen molar-refractivity contribution in [3.63, 3.8) is 0 Å². The van der Waals surface area contributed by atoms with Gasteiger partial charge in [0, 0.05) is 25.6 Å². The number of nitrogens with zero attached hydrogens (tertiary/aromatic N) is 1. The Hall–Kier alpha value is -2.84. The van der Waals surface area contributed by atoms with Crippen LogP contribution < -0.4 is 15.7 Å². The Labute approximate surface area is 247 Å². The number of rotatable bonds is 10. The normalized spacial score (nSPS) is 21.2. The fourth-order valence-corrected chi connectivity index (χ4v) is 10.9. The predicted molar refractivity (Wildman–Crippen MR) is 165 cm³/mol. The van der Waals surface area contributed by atoms with Crippen LogP contribution in [0.2, 0.25) is 5.04 Å². The molecule has 2 saturated heterocycles. The number of carbonyl (C=O) groups excluding carboxylic acids is 2. The van der Waals surface area contributed by atoms with E-state index in [1.165, 1.54) is 10.4 Å². The van der Waals surface area contributed by atoms with E-state index in [1.54, 1.807) is 4.90 Å². The van der Waals surface area contributed by atoms with Crippen LogP contribution in [0.1, 0.15) is 80.1 Å². The van der Waals surface area contributed by atoms with Crippen LogP contribution >= 0.6 is 0 Å². The number of ether oxygens (including phenoxy) is 2. The van der Waals surface area contributed by atoms with Crippen molar-refractivity contribution in [1.82, 2.24) is 10.2 Å². The van der Waals surface area contributed by atoms with Gasteiger partial charge in [-0.25, -0.2) is 9.59 Å². The van der Waals surface area contributed by atoms with Crippen molar-refractivity contribution in [3.8, 4) is 0 Å². The van der Waals surface area contributed by atoms with E-state index in [-0.39, 0.29) is 29.3 Å². The summed E-state index contributed by atoms with van der Waals surface area (Å²) in [6.45, 7) is 13.7. The standard InChI is InChI=1S/C33H48N2O5Si/c1-32(2,3)40-31(37)35-24-28-29(39-30(36)34-28)23-25(35)17-11-7-8-16-22-38-41(33(4,5)6,26-18-12-9-13-19-26)27-20-14-10-15-21-27/h9-10,12-15,18-21,25,28-29H,7-8,11,16-17,22-24H2,1-6H3,(H,34,36)/t25-,28+,29-/m1/s1. The van der Waals surface area contributed by atoms with E-state index in [2.05, 4.69) is 86.8 Å². The molecule has 7 nitrogen and oxygen atoms in total. The van der Waals surface area contributed by atoms with Gasteiger partial charge in [-0.1, -0.05) is 101 Å². The summed E-state index contributed by atoms with van der Waals surface area (Å²) in [6.07, 6.45) is 4.67. The zero-order valence-corrected chi connectivity index (χ0v) is 26.7. The molecule has 2 heterocycles. The predicted octanol–water partition coefficient (Wildman–Crippen LogP) is 6.00. The van der Waals surface area contributed by atoms with Crippen molar-refractivity contribution in [1.29, 1.82) is 0 Å². The summed E-state index contributed by atoms with van der Waals surface area (Å²) >= 11 is 0. The van der Waals surface area contributed by atoms with Gasteiger partial charge in [0.2, 0.25) is 0 Å². The minimum absolute atomic E-state index is 0.00726. The molecule has 2 aliphatic heterocycles. The van der Waals surface area contributed by atoms with Gasteiger partial charge in [-0.15, -0.1) is 0 Å². The van der Waals surface area contributed by atoms with Crippen LogP contribution in [0, 0.1) is 0 Å². The lowest BCUT2D eigenvalue weighted by Gasteiger charge is -2.43. The molecule has 2 aromatic rings. The summed E-state index contributed by atoms with van der Waals surface area (Å²) < 4.78 is 18.2. The first-order chi connectivity index (χ1) is 19.4. The van der Waals surface area contributed by atoms with Crippen molar-refractivity contribution in [3.05, 3.63) is 60.7 Å². The lowest BCUT2D eigenvalue weighted by Crippen LogP contribution is -2.66. The Morgan fingerprint density at radius 1 is 0.927 bits per heavy atom. The number of benzene rings is 2. The van der Waals surface area contributed by atoms with E-state index < -0.39 is 20.0 Å². The SMILES string of the molecule is CC(C)(C)OC(=O)N1C[C@@H]2NC(=O)O[C@@H]2C[C@H]1CCCCCCO[Si](c1ccccc1)(c1ccccc1)C(C)(C)C. The summed E-state index contributed by atoms with van der Waals surface area (Å²) in [5.74, 6) is 0. The molecule has 0 spiro atoms. The third-order valence-electron chi connectivity index (χ3n) is 8.14. The molecule has 4 rings (SSSR count). The van der Waals surface area contributed by atoms with E-state index in [4.69, 9.17) is 13.9 Å². The molecular formula is C33H48N2O5Si. The molecule has 41 heavy (non-hydrogen) atoms. The summed E-state index contributed by atoms with van der Waals surface area (Å²) in [6, 6.07) is 21.3. The number of carbonyl (C=O) groups is 2. The molecular weight excluding hydrogens is 532 g/mol.